The molecule has 0 aliphatic carbocycles. The molecule has 7 nitrogen and oxygen atoms in total. The van der Waals surface area contributed by atoms with Gasteiger partial charge in [-0.2, -0.15) is 11.8 Å². The van der Waals surface area contributed by atoms with Crippen LogP contribution >= 0.6 is 11.8 Å². The maximum atomic E-state index is 12.1. The molecule has 20 heavy (non-hydrogen) atoms. The Labute approximate surface area is 123 Å². The van der Waals surface area contributed by atoms with Crippen LogP contribution in [0.15, 0.2) is 0 Å². The van der Waals surface area contributed by atoms with Crippen LogP contribution in [0.2, 0.25) is 0 Å². The van der Waals surface area contributed by atoms with E-state index in [0.717, 1.165) is 0 Å². The molecular formula is C11H20N2O5S2. The normalized spacial score (nSPS) is 21.3. The lowest BCUT2D eigenvalue weighted by molar-refractivity contribution is -0.137. The molecule has 0 aromatic rings. The number of carboxylic acids is 1. The molecule has 1 saturated heterocycles. The van der Waals surface area contributed by atoms with Crippen molar-refractivity contribution in [3.8, 4) is 0 Å². The average Bonchev–Trinajstić information content (AvgIpc) is 2.37. The van der Waals surface area contributed by atoms with E-state index in [1.54, 1.807) is 13.8 Å². The lowest BCUT2D eigenvalue weighted by Crippen LogP contribution is -2.55. The zero-order chi connectivity index (χ0) is 15.3. The van der Waals surface area contributed by atoms with Gasteiger partial charge in [-0.15, -0.1) is 0 Å². The number of nitrogens with one attached hydrogen (secondary N) is 1. The molecule has 0 spiro atoms. The van der Waals surface area contributed by atoms with Crippen molar-refractivity contribution in [2.45, 2.75) is 31.7 Å². The second-order valence-electron chi connectivity index (χ2n) is 4.62. The van der Waals surface area contributed by atoms with Crippen molar-refractivity contribution in [2.75, 3.05) is 23.8 Å². The molecule has 1 aliphatic heterocycles. The van der Waals surface area contributed by atoms with Crippen molar-refractivity contribution >= 4 is 33.6 Å². The Kier molecular flexibility index (Phi) is 6.12. The van der Waals surface area contributed by atoms with E-state index in [2.05, 4.69) is 5.32 Å². The van der Waals surface area contributed by atoms with Gasteiger partial charge in [0.2, 0.25) is 0 Å². The van der Waals surface area contributed by atoms with Crippen LogP contribution in [0.4, 0.5) is 4.79 Å². The van der Waals surface area contributed by atoms with Crippen molar-refractivity contribution in [3.63, 3.8) is 0 Å². The number of hydrogen-bond donors (Lipinski definition) is 2. The van der Waals surface area contributed by atoms with E-state index >= 15 is 0 Å². The molecule has 2 unspecified atom stereocenters. The van der Waals surface area contributed by atoms with Crippen LogP contribution < -0.4 is 5.32 Å². The molecule has 0 bridgehead atoms. The highest BCUT2D eigenvalue weighted by Gasteiger charge is 2.36. The van der Waals surface area contributed by atoms with Crippen molar-refractivity contribution in [2.24, 2.45) is 0 Å². The van der Waals surface area contributed by atoms with E-state index in [4.69, 9.17) is 5.11 Å². The number of aliphatic carboxylic acids is 1. The van der Waals surface area contributed by atoms with Gasteiger partial charge in [0.1, 0.15) is 5.37 Å². The summed E-state index contributed by atoms with van der Waals surface area (Å²) in [5.41, 5.74) is 0. The fraction of sp³-hybridized carbons (Fsp3) is 0.818. The van der Waals surface area contributed by atoms with Crippen LogP contribution in [0.25, 0.3) is 0 Å². The van der Waals surface area contributed by atoms with Crippen LogP contribution in [-0.2, 0) is 14.6 Å². The minimum absolute atomic E-state index is 0.0211. The molecule has 1 heterocycles. The maximum Gasteiger partial charge on any atom is 0.318 e. The number of amides is 2. The fourth-order valence-electron chi connectivity index (χ4n) is 1.91. The molecule has 9 heteroatoms. The zero-order valence-corrected chi connectivity index (χ0v) is 13.2. The fourth-order valence-corrected chi connectivity index (χ4v) is 4.88. The number of hydrogen-bond acceptors (Lipinski definition) is 5. The van der Waals surface area contributed by atoms with Crippen LogP contribution in [-0.4, -0.2) is 65.6 Å². The first-order chi connectivity index (χ1) is 9.27. The number of urea groups is 1. The number of carbonyl (C=O) groups excluding carboxylic acids is 1. The van der Waals surface area contributed by atoms with Crippen molar-refractivity contribution in [1.82, 2.24) is 10.2 Å². The molecule has 2 atom stereocenters. The molecule has 116 valence electrons. The Morgan fingerprint density at radius 3 is 2.70 bits per heavy atom. The summed E-state index contributed by atoms with van der Waals surface area (Å²) < 4.78 is 24.0. The number of sulfone groups is 1. The van der Waals surface area contributed by atoms with Gasteiger partial charge in [0, 0.05) is 29.8 Å². The number of carboxylic acid groups (broad SMARTS) is 1. The Morgan fingerprint density at radius 1 is 1.50 bits per heavy atom. The Balaban J connectivity index is 2.75. The summed E-state index contributed by atoms with van der Waals surface area (Å²) in [6.45, 7) is 3.48. The SMILES string of the molecule is CCS(=O)(=O)C1CSCCN1C(=O)NC(C)CC(=O)O. The minimum atomic E-state index is -3.35. The van der Waals surface area contributed by atoms with Gasteiger partial charge in [-0.25, -0.2) is 13.2 Å². The largest absolute Gasteiger partial charge is 0.481 e. The summed E-state index contributed by atoms with van der Waals surface area (Å²) in [4.78, 5) is 24.0. The number of carbonyl (C=O) groups is 2. The van der Waals surface area contributed by atoms with Gasteiger partial charge in [-0.1, -0.05) is 6.92 Å². The van der Waals surface area contributed by atoms with Gasteiger partial charge in [-0.05, 0) is 6.92 Å². The van der Waals surface area contributed by atoms with E-state index in [0.29, 0.717) is 18.1 Å². The standard InChI is InChI=1S/C11H20N2O5S2/c1-3-20(17,18)9-7-19-5-4-13(9)11(16)12-8(2)6-10(14)15/h8-9H,3-7H2,1-2H3,(H,12,16)(H,14,15). The highest BCUT2D eigenvalue weighted by atomic mass is 32.2. The van der Waals surface area contributed by atoms with Crippen LogP contribution in [0.1, 0.15) is 20.3 Å². The third-order valence-corrected chi connectivity index (χ3v) is 6.30. The quantitative estimate of drug-likeness (QED) is 0.757. The smallest absolute Gasteiger partial charge is 0.318 e. The predicted molar refractivity (Wildman–Crippen MR) is 77.5 cm³/mol. The Hall–Kier alpha value is -0.960. The topological polar surface area (TPSA) is 104 Å². The summed E-state index contributed by atoms with van der Waals surface area (Å²) in [7, 11) is -3.35. The van der Waals surface area contributed by atoms with E-state index in [9.17, 15) is 18.0 Å². The first-order valence-corrected chi connectivity index (χ1v) is 9.23. The summed E-state index contributed by atoms with van der Waals surface area (Å²) in [5, 5.41) is 10.4. The Bertz CT molecular complexity index is 465. The molecule has 1 aliphatic rings. The summed E-state index contributed by atoms with van der Waals surface area (Å²) in [6.07, 6.45) is -0.195. The zero-order valence-electron chi connectivity index (χ0n) is 11.5. The van der Waals surface area contributed by atoms with E-state index < -0.39 is 33.3 Å². The van der Waals surface area contributed by atoms with E-state index in [1.165, 1.54) is 16.7 Å². The summed E-state index contributed by atoms with van der Waals surface area (Å²) in [6, 6.07) is -1.05. The highest BCUT2D eigenvalue weighted by Crippen LogP contribution is 2.21. The predicted octanol–water partition coefficient (Wildman–Crippen LogP) is 0.369. The van der Waals surface area contributed by atoms with Crippen LogP contribution in [0.5, 0.6) is 0 Å². The highest BCUT2D eigenvalue weighted by molar-refractivity contribution is 8.01. The maximum absolute atomic E-state index is 12.1. The third kappa shape index (κ3) is 4.55. The van der Waals surface area contributed by atoms with Crippen LogP contribution in [0, 0.1) is 0 Å². The number of nitrogens with zero attached hydrogens (tertiary/aromatic N) is 1. The van der Waals surface area contributed by atoms with Crippen molar-refractivity contribution in [1.29, 1.82) is 0 Å². The third-order valence-electron chi connectivity index (χ3n) is 3.01. The minimum Gasteiger partial charge on any atom is -0.481 e. The van der Waals surface area contributed by atoms with Gasteiger partial charge in [0.15, 0.2) is 9.84 Å². The van der Waals surface area contributed by atoms with Crippen LogP contribution in [0.3, 0.4) is 0 Å². The van der Waals surface area contributed by atoms with Gasteiger partial charge < -0.3 is 15.3 Å². The van der Waals surface area contributed by atoms with Gasteiger partial charge >= 0.3 is 12.0 Å². The summed E-state index contributed by atoms with van der Waals surface area (Å²) in [5.74, 6) is 0.00444. The lowest BCUT2D eigenvalue weighted by atomic mass is 10.2. The molecule has 2 amide bonds. The van der Waals surface area contributed by atoms with Gasteiger partial charge in [-0.3, -0.25) is 4.79 Å². The summed E-state index contributed by atoms with van der Waals surface area (Å²) >= 11 is 1.50. The molecule has 0 radical (unpaired) electrons. The van der Waals surface area contributed by atoms with Gasteiger partial charge in [0.25, 0.3) is 0 Å². The molecule has 2 N–H and O–H groups in total. The molecule has 1 rings (SSSR count). The monoisotopic (exact) mass is 324 g/mol. The molecular weight excluding hydrogens is 304 g/mol. The number of rotatable bonds is 5. The molecule has 0 aromatic heterocycles. The molecule has 0 saturated carbocycles. The van der Waals surface area contributed by atoms with Crippen molar-refractivity contribution in [3.05, 3.63) is 0 Å². The van der Waals surface area contributed by atoms with Gasteiger partial charge in [0.05, 0.1) is 6.42 Å². The first kappa shape index (κ1) is 17.1. The average molecular weight is 324 g/mol. The second kappa shape index (κ2) is 7.16. The Morgan fingerprint density at radius 2 is 2.15 bits per heavy atom. The number of thioether (sulfide) groups is 1. The first-order valence-electron chi connectivity index (χ1n) is 6.36. The lowest BCUT2D eigenvalue weighted by Gasteiger charge is -2.35. The second-order valence-corrected chi connectivity index (χ2v) is 8.22. The van der Waals surface area contributed by atoms with E-state index in [-0.39, 0.29) is 12.2 Å². The molecule has 1 fully saturated rings. The molecule has 0 aromatic carbocycles. The van der Waals surface area contributed by atoms with E-state index in [1.807, 2.05) is 0 Å². The van der Waals surface area contributed by atoms with Crippen molar-refractivity contribution < 1.29 is 23.1 Å².